The van der Waals surface area contributed by atoms with Gasteiger partial charge in [-0.15, -0.1) is 11.6 Å². The summed E-state index contributed by atoms with van der Waals surface area (Å²) >= 11 is 9.78. The fourth-order valence-electron chi connectivity index (χ4n) is 2.99. The quantitative estimate of drug-likeness (QED) is 0.700. The van der Waals surface area contributed by atoms with E-state index in [2.05, 4.69) is 37.4 Å². The highest BCUT2D eigenvalue weighted by Gasteiger charge is 2.42. The summed E-state index contributed by atoms with van der Waals surface area (Å²) < 4.78 is 3.19. The zero-order valence-corrected chi connectivity index (χ0v) is 14.2. The number of hydrogen-bond donors (Lipinski definition) is 0. The van der Waals surface area contributed by atoms with Crippen LogP contribution in [0.1, 0.15) is 50.7 Å². The van der Waals surface area contributed by atoms with Gasteiger partial charge in [0.15, 0.2) is 5.65 Å². The summed E-state index contributed by atoms with van der Waals surface area (Å²) in [7, 11) is 0. The zero-order chi connectivity index (χ0) is 14.3. The Hall–Kier alpha value is -0.610. The van der Waals surface area contributed by atoms with Gasteiger partial charge in [0.1, 0.15) is 11.3 Å². The fourth-order valence-corrected chi connectivity index (χ4v) is 3.48. The van der Waals surface area contributed by atoms with Gasteiger partial charge in [0.25, 0.3) is 0 Å². The molecule has 0 aliphatic heterocycles. The summed E-state index contributed by atoms with van der Waals surface area (Å²) in [5, 5.41) is -0.0968. The highest BCUT2D eigenvalue weighted by atomic mass is 79.9. The molecule has 3 rings (SSSR count). The molecule has 1 atom stereocenters. The van der Waals surface area contributed by atoms with Gasteiger partial charge in [-0.1, -0.05) is 13.3 Å². The van der Waals surface area contributed by atoms with Crippen molar-refractivity contribution >= 4 is 38.7 Å². The molecule has 0 radical (unpaired) electrons. The Balaban J connectivity index is 2.05. The number of fused-ring (bicyclic) bond motifs is 1. The van der Waals surface area contributed by atoms with Crippen LogP contribution in [-0.4, -0.2) is 14.5 Å². The first-order valence-corrected chi connectivity index (χ1v) is 8.43. The van der Waals surface area contributed by atoms with Crippen molar-refractivity contribution in [1.29, 1.82) is 0 Å². The van der Waals surface area contributed by atoms with E-state index in [9.17, 15) is 0 Å². The maximum Gasteiger partial charge on any atom is 0.160 e. The molecule has 1 aliphatic rings. The van der Waals surface area contributed by atoms with E-state index >= 15 is 0 Å². The van der Waals surface area contributed by atoms with Crippen LogP contribution >= 0.6 is 27.5 Å². The van der Waals surface area contributed by atoms with Gasteiger partial charge >= 0.3 is 0 Å². The molecule has 2 aromatic rings. The predicted octanol–water partition coefficient (Wildman–Crippen LogP) is 5.07. The number of halogens is 2. The van der Waals surface area contributed by atoms with Crippen molar-refractivity contribution < 1.29 is 0 Å². The summed E-state index contributed by atoms with van der Waals surface area (Å²) in [4.78, 5) is 9.23. The molecule has 2 heterocycles. The lowest BCUT2D eigenvalue weighted by Crippen LogP contribution is -2.15. The van der Waals surface area contributed by atoms with Crippen LogP contribution in [-0.2, 0) is 6.54 Å². The van der Waals surface area contributed by atoms with E-state index in [0.717, 1.165) is 28.0 Å². The maximum atomic E-state index is 6.32. The van der Waals surface area contributed by atoms with Gasteiger partial charge in [-0.3, -0.25) is 0 Å². The van der Waals surface area contributed by atoms with E-state index < -0.39 is 0 Å². The Kier molecular flexibility index (Phi) is 3.80. The Morgan fingerprint density at radius 3 is 2.85 bits per heavy atom. The lowest BCUT2D eigenvalue weighted by Gasteiger charge is -2.18. The van der Waals surface area contributed by atoms with Crippen LogP contribution in [0.3, 0.4) is 0 Å². The molecular formula is C15H19BrClN3. The second-order valence-electron chi connectivity index (χ2n) is 5.92. The fraction of sp³-hybridized carbons (Fsp3) is 0.600. The van der Waals surface area contributed by atoms with Crippen molar-refractivity contribution in [3.8, 4) is 0 Å². The Labute approximate surface area is 132 Å². The van der Waals surface area contributed by atoms with E-state index in [1.165, 1.54) is 25.7 Å². The molecule has 0 spiro atoms. The molecule has 1 fully saturated rings. The normalized spacial score (nSPS) is 18.4. The Morgan fingerprint density at radius 1 is 1.50 bits per heavy atom. The molecule has 5 heteroatoms. The lowest BCUT2D eigenvalue weighted by molar-refractivity contribution is 0.386. The highest BCUT2D eigenvalue weighted by molar-refractivity contribution is 9.10. The minimum absolute atomic E-state index is 0.0968. The first kappa shape index (κ1) is 14.3. The average molecular weight is 357 g/mol. The SMILES string of the molecule is CCCC1(Cn2c(C(C)Cl)nc3cc(Br)cnc32)CC1. The average Bonchev–Trinajstić information content (AvgIpc) is 3.05. The van der Waals surface area contributed by atoms with Gasteiger partial charge in [-0.25, -0.2) is 9.97 Å². The van der Waals surface area contributed by atoms with Crippen LogP contribution in [0, 0.1) is 5.41 Å². The lowest BCUT2D eigenvalue weighted by atomic mass is 10.0. The van der Waals surface area contributed by atoms with Crippen molar-refractivity contribution in [3.05, 3.63) is 22.6 Å². The topological polar surface area (TPSA) is 30.7 Å². The molecular weight excluding hydrogens is 338 g/mol. The summed E-state index contributed by atoms with van der Waals surface area (Å²) in [6.45, 7) is 5.23. The van der Waals surface area contributed by atoms with Gasteiger partial charge in [0.05, 0.1) is 5.38 Å². The molecule has 2 aromatic heterocycles. The third-order valence-corrected chi connectivity index (χ3v) is 4.80. The molecule has 20 heavy (non-hydrogen) atoms. The molecule has 1 saturated carbocycles. The van der Waals surface area contributed by atoms with Crippen molar-refractivity contribution in [2.75, 3.05) is 0 Å². The standard InChI is InChI=1S/C15H19BrClN3/c1-3-4-15(5-6-15)9-20-13(10(2)17)19-12-7-11(16)8-18-14(12)20/h7-8,10H,3-6,9H2,1-2H3. The number of alkyl halides is 1. The van der Waals surface area contributed by atoms with Crippen LogP contribution in [0.2, 0.25) is 0 Å². The van der Waals surface area contributed by atoms with Crippen molar-refractivity contribution in [1.82, 2.24) is 14.5 Å². The van der Waals surface area contributed by atoms with Gasteiger partial charge in [-0.05, 0) is 53.6 Å². The zero-order valence-electron chi connectivity index (χ0n) is 11.9. The highest BCUT2D eigenvalue weighted by Crippen LogP contribution is 2.51. The van der Waals surface area contributed by atoms with Crippen LogP contribution in [0.5, 0.6) is 0 Å². The van der Waals surface area contributed by atoms with Crippen molar-refractivity contribution in [2.45, 2.75) is 51.5 Å². The smallest absolute Gasteiger partial charge is 0.160 e. The largest absolute Gasteiger partial charge is 0.311 e. The first-order valence-electron chi connectivity index (χ1n) is 7.20. The Bertz CT molecular complexity index is 631. The van der Waals surface area contributed by atoms with E-state index in [-0.39, 0.29) is 5.38 Å². The van der Waals surface area contributed by atoms with E-state index in [4.69, 9.17) is 11.6 Å². The number of hydrogen-bond acceptors (Lipinski definition) is 2. The van der Waals surface area contributed by atoms with Gasteiger partial charge in [0.2, 0.25) is 0 Å². The number of rotatable bonds is 5. The molecule has 0 saturated heterocycles. The second-order valence-corrected chi connectivity index (χ2v) is 7.49. The number of aromatic nitrogens is 3. The minimum atomic E-state index is -0.0968. The number of imidazole rings is 1. The summed E-state index contributed by atoms with van der Waals surface area (Å²) in [5.41, 5.74) is 2.34. The summed E-state index contributed by atoms with van der Waals surface area (Å²) in [6.07, 6.45) is 6.97. The van der Waals surface area contributed by atoms with Crippen LogP contribution in [0.15, 0.2) is 16.7 Å². The van der Waals surface area contributed by atoms with Crippen LogP contribution < -0.4 is 0 Å². The molecule has 0 aromatic carbocycles. The van der Waals surface area contributed by atoms with E-state index in [0.29, 0.717) is 5.41 Å². The molecule has 1 unspecified atom stereocenters. The van der Waals surface area contributed by atoms with Gasteiger partial charge in [-0.2, -0.15) is 0 Å². The number of pyridine rings is 1. The predicted molar refractivity (Wildman–Crippen MR) is 86.1 cm³/mol. The Morgan fingerprint density at radius 2 is 2.25 bits per heavy atom. The van der Waals surface area contributed by atoms with Gasteiger partial charge in [0, 0.05) is 17.2 Å². The third kappa shape index (κ3) is 2.60. The molecule has 0 N–H and O–H groups in total. The van der Waals surface area contributed by atoms with Crippen molar-refractivity contribution in [2.24, 2.45) is 5.41 Å². The van der Waals surface area contributed by atoms with E-state index in [1.54, 1.807) is 0 Å². The van der Waals surface area contributed by atoms with Crippen LogP contribution in [0.4, 0.5) is 0 Å². The molecule has 108 valence electrons. The van der Waals surface area contributed by atoms with Gasteiger partial charge < -0.3 is 4.57 Å². The molecule has 0 bridgehead atoms. The molecule has 3 nitrogen and oxygen atoms in total. The monoisotopic (exact) mass is 355 g/mol. The summed E-state index contributed by atoms with van der Waals surface area (Å²) in [6, 6.07) is 2.01. The van der Waals surface area contributed by atoms with E-state index in [1.807, 2.05) is 19.2 Å². The molecule has 1 aliphatic carbocycles. The second kappa shape index (κ2) is 5.30. The first-order chi connectivity index (χ1) is 9.54. The summed E-state index contributed by atoms with van der Waals surface area (Å²) in [5.74, 6) is 0.939. The third-order valence-electron chi connectivity index (χ3n) is 4.17. The molecule has 0 amide bonds. The number of nitrogens with zero attached hydrogens (tertiary/aromatic N) is 3. The minimum Gasteiger partial charge on any atom is -0.311 e. The van der Waals surface area contributed by atoms with Crippen molar-refractivity contribution in [3.63, 3.8) is 0 Å². The maximum absolute atomic E-state index is 6.32. The van der Waals surface area contributed by atoms with Crippen LogP contribution in [0.25, 0.3) is 11.2 Å².